The third kappa shape index (κ3) is 5.23. The minimum Gasteiger partial charge on any atom is -0.457 e. The van der Waals surface area contributed by atoms with E-state index in [9.17, 15) is 13.6 Å². The summed E-state index contributed by atoms with van der Waals surface area (Å²) in [4.78, 5) is 29.7. The highest BCUT2D eigenvalue weighted by Crippen LogP contribution is 2.34. The molecule has 2 aromatic carbocycles. The van der Waals surface area contributed by atoms with E-state index in [0.717, 1.165) is 0 Å². The summed E-state index contributed by atoms with van der Waals surface area (Å²) in [7, 11) is 0. The molecule has 0 radical (unpaired) electrons. The number of halogens is 3. The molecule has 14 heteroatoms. The lowest BCUT2D eigenvalue weighted by molar-refractivity contribution is -0.131. The molecule has 1 saturated heterocycles. The molecule has 1 amide bonds. The van der Waals surface area contributed by atoms with E-state index in [-0.39, 0.29) is 33.9 Å². The SMILES string of the molecule is C=CC(=O)N1CCN(c2ccc3ncnc(Nc4ccc(Oc5ccc6c(c5)nnn6C(F)F)c(C)c4F)c3n2)CC1(C)C. The molecular formula is C30H28F3N9O2. The van der Waals surface area contributed by atoms with E-state index in [4.69, 9.17) is 9.72 Å². The number of aromatic nitrogens is 6. The van der Waals surface area contributed by atoms with E-state index in [1.165, 1.54) is 36.7 Å². The smallest absolute Gasteiger partial charge is 0.335 e. The van der Waals surface area contributed by atoms with Crippen molar-refractivity contribution in [2.24, 2.45) is 0 Å². The van der Waals surface area contributed by atoms with Crippen LogP contribution in [0.3, 0.4) is 0 Å². The predicted molar refractivity (Wildman–Crippen MR) is 159 cm³/mol. The van der Waals surface area contributed by atoms with Crippen LogP contribution < -0.4 is 15.0 Å². The Kier molecular flexibility index (Phi) is 7.27. The molecule has 44 heavy (non-hydrogen) atoms. The van der Waals surface area contributed by atoms with Gasteiger partial charge in [0.25, 0.3) is 0 Å². The molecule has 0 aliphatic carbocycles. The van der Waals surface area contributed by atoms with Gasteiger partial charge < -0.3 is 19.9 Å². The van der Waals surface area contributed by atoms with Gasteiger partial charge in [0.15, 0.2) is 11.6 Å². The number of carbonyl (C=O) groups is 1. The lowest BCUT2D eigenvalue weighted by Gasteiger charge is -2.47. The number of alkyl halides is 2. The predicted octanol–water partition coefficient (Wildman–Crippen LogP) is 5.76. The van der Waals surface area contributed by atoms with Crippen LogP contribution in [0, 0.1) is 12.7 Å². The number of benzene rings is 2. The maximum Gasteiger partial charge on any atom is 0.335 e. The zero-order valence-corrected chi connectivity index (χ0v) is 24.1. The average Bonchev–Trinajstić information content (AvgIpc) is 3.43. The van der Waals surface area contributed by atoms with Crippen LogP contribution in [0.1, 0.15) is 26.0 Å². The average molecular weight is 604 g/mol. The van der Waals surface area contributed by atoms with Crippen LogP contribution in [0.4, 0.5) is 30.5 Å². The van der Waals surface area contributed by atoms with E-state index in [1.54, 1.807) is 17.9 Å². The molecule has 1 fully saturated rings. The van der Waals surface area contributed by atoms with Gasteiger partial charge in [0.05, 0.1) is 22.3 Å². The van der Waals surface area contributed by atoms with Crippen LogP contribution >= 0.6 is 0 Å². The monoisotopic (exact) mass is 603 g/mol. The molecule has 0 unspecified atom stereocenters. The fourth-order valence-electron chi connectivity index (χ4n) is 5.32. The van der Waals surface area contributed by atoms with Gasteiger partial charge >= 0.3 is 6.55 Å². The van der Waals surface area contributed by atoms with E-state index in [2.05, 4.69) is 37.1 Å². The summed E-state index contributed by atoms with van der Waals surface area (Å²) in [6.45, 7) is 7.97. The van der Waals surface area contributed by atoms with Gasteiger partial charge in [-0.1, -0.05) is 11.8 Å². The lowest BCUT2D eigenvalue weighted by Crippen LogP contribution is -2.61. The lowest BCUT2D eigenvalue weighted by atomic mass is 9.98. The van der Waals surface area contributed by atoms with E-state index in [1.807, 2.05) is 26.0 Å². The van der Waals surface area contributed by atoms with Gasteiger partial charge in [-0.05, 0) is 63.2 Å². The second kappa shape index (κ2) is 11.1. The van der Waals surface area contributed by atoms with Gasteiger partial charge in [0.2, 0.25) is 5.91 Å². The van der Waals surface area contributed by atoms with Gasteiger partial charge in [0, 0.05) is 31.3 Å². The molecule has 0 saturated carbocycles. The zero-order chi connectivity index (χ0) is 31.2. The van der Waals surface area contributed by atoms with Crippen molar-refractivity contribution < 1.29 is 22.7 Å². The van der Waals surface area contributed by atoms with Crippen LogP contribution in [0.25, 0.3) is 22.1 Å². The van der Waals surface area contributed by atoms with Crippen molar-refractivity contribution >= 4 is 45.3 Å². The molecule has 3 aromatic heterocycles. The molecule has 0 spiro atoms. The first kappa shape index (κ1) is 28.8. The molecule has 4 heterocycles. The summed E-state index contributed by atoms with van der Waals surface area (Å²) < 4.78 is 48.2. The second-order valence-corrected chi connectivity index (χ2v) is 10.9. The van der Waals surface area contributed by atoms with Gasteiger partial charge in [-0.25, -0.2) is 19.3 Å². The quantitative estimate of drug-likeness (QED) is 0.232. The number of hydrogen-bond donors (Lipinski definition) is 1. The number of pyridine rings is 1. The second-order valence-electron chi connectivity index (χ2n) is 10.9. The standard InChI is InChI=1S/C30H28F3N9O2/c1-5-25(43)41-13-12-40(15-30(41,3)4)24-11-8-20-27(37-24)28(35-16-34-20)36-19-7-10-23(17(2)26(19)31)44-18-6-9-22-21(14-18)38-39-42(22)29(32)33/h5-11,14,16,29H,1,12-13,15H2,2-4H3,(H,34,35,36). The maximum absolute atomic E-state index is 15.6. The zero-order valence-electron chi connectivity index (χ0n) is 24.1. The fraction of sp³-hybridized carbons (Fsp3) is 0.267. The Labute approximate surface area is 250 Å². The largest absolute Gasteiger partial charge is 0.457 e. The number of carbonyl (C=O) groups excluding carboxylic acids is 1. The minimum atomic E-state index is -2.82. The maximum atomic E-state index is 15.6. The normalized spacial score (nSPS) is 14.8. The number of piperazine rings is 1. The van der Waals surface area contributed by atoms with Crippen molar-refractivity contribution in [3.05, 3.63) is 72.8 Å². The molecule has 11 nitrogen and oxygen atoms in total. The molecule has 0 atom stereocenters. The molecule has 6 rings (SSSR count). The Bertz CT molecular complexity index is 1910. The van der Waals surface area contributed by atoms with Crippen molar-refractivity contribution in [2.75, 3.05) is 29.9 Å². The Balaban J connectivity index is 1.25. The Hall–Kier alpha value is -5.27. The highest BCUT2D eigenvalue weighted by Gasteiger charge is 2.36. The Morgan fingerprint density at radius 1 is 1.11 bits per heavy atom. The number of nitrogens with zero attached hydrogens (tertiary/aromatic N) is 8. The van der Waals surface area contributed by atoms with Crippen molar-refractivity contribution in [3.63, 3.8) is 0 Å². The summed E-state index contributed by atoms with van der Waals surface area (Å²) in [5.41, 5.74) is 1.31. The van der Waals surface area contributed by atoms with Gasteiger partial charge in [0.1, 0.15) is 34.7 Å². The number of ether oxygens (including phenoxy) is 1. The van der Waals surface area contributed by atoms with Crippen LogP contribution in [-0.4, -0.2) is 65.9 Å². The van der Waals surface area contributed by atoms with Crippen molar-refractivity contribution in [3.8, 4) is 11.5 Å². The highest BCUT2D eigenvalue weighted by molar-refractivity contribution is 5.89. The first-order chi connectivity index (χ1) is 21.1. The highest BCUT2D eigenvalue weighted by atomic mass is 19.3. The van der Waals surface area contributed by atoms with Crippen LogP contribution in [0.15, 0.2) is 61.4 Å². The first-order valence-electron chi connectivity index (χ1n) is 13.7. The van der Waals surface area contributed by atoms with Crippen molar-refractivity contribution in [1.82, 2.24) is 34.8 Å². The van der Waals surface area contributed by atoms with E-state index in [0.29, 0.717) is 52.7 Å². The number of nitrogens with one attached hydrogen (secondary N) is 1. The summed E-state index contributed by atoms with van der Waals surface area (Å²) in [5.74, 6) is 0.836. The number of anilines is 3. The van der Waals surface area contributed by atoms with Crippen LogP contribution in [0.2, 0.25) is 0 Å². The Morgan fingerprint density at radius 2 is 1.93 bits per heavy atom. The summed E-state index contributed by atoms with van der Waals surface area (Å²) >= 11 is 0. The number of hydrogen-bond acceptors (Lipinski definition) is 9. The number of fused-ring (bicyclic) bond motifs is 2. The summed E-state index contributed by atoms with van der Waals surface area (Å²) in [6.07, 6.45) is 2.70. The van der Waals surface area contributed by atoms with Crippen molar-refractivity contribution in [1.29, 1.82) is 0 Å². The molecule has 1 N–H and O–H groups in total. The fourth-order valence-corrected chi connectivity index (χ4v) is 5.32. The van der Waals surface area contributed by atoms with E-state index < -0.39 is 17.9 Å². The third-order valence-corrected chi connectivity index (χ3v) is 7.58. The topological polar surface area (TPSA) is 114 Å². The minimum absolute atomic E-state index is 0.116. The molecular weight excluding hydrogens is 575 g/mol. The summed E-state index contributed by atoms with van der Waals surface area (Å²) in [6, 6.07) is 11.2. The molecule has 1 aliphatic rings. The first-order valence-corrected chi connectivity index (χ1v) is 13.7. The van der Waals surface area contributed by atoms with Crippen LogP contribution in [-0.2, 0) is 4.79 Å². The summed E-state index contributed by atoms with van der Waals surface area (Å²) in [5, 5.41) is 10.3. The van der Waals surface area contributed by atoms with Gasteiger partial charge in [-0.2, -0.15) is 13.5 Å². The van der Waals surface area contributed by atoms with Crippen molar-refractivity contribution in [2.45, 2.75) is 32.9 Å². The Morgan fingerprint density at radius 3 is 2.68 bits per heavy atom. The number of amides is 1. The van der Waals surface area contributed by atoms with E-state index >= 15 is 4.39 Å². The van der Waals surface area contributed by atoms with Gasteiger partial charge in [-0.3, -0.25) is 4.79 Å². The molecule has 0 bridgehead atoms. The molecule has 226 valence electrons. The van der Waals surface area contributed by atoms with Crippen LogP contribution in [0.5, 0.6) is 11.5 Å². The number of rotatable bonds is 7. The molecule has 1 aliphatic heterocycles. The molecule has 5 aromatic rings. The van der Waals surface area contributed by atoms with Gasteiger partial charge in [-0.15, -0.1) is 5.10 Å². The third-order valence-electron chi connectivity index (χ3n) is 7.58.